The van der Waals surface area contributed by atoms with Crippen molar-refractivity contribution in [2.45, 2.75) is 25.4 Å². The Hall–Kier alpha value is -3.28. The third-order valence-electron chi connectivity index (χ3n) is 5.38. The highest BCUT2D eigenvalue weighted by Gasteiger charge is 2.35. The minimum Gasteiger partial charge on any atom is -0.497 e. The summed E-state index contributed by atoms with van der Waals surface area (Å²) in [4.78, 5) is 29.6. The van der Waals surface area contributed by atoms with Gasteiger partial charge in [-0.2, -0.15) is 0 Å². The summed E-state index contributed by atoms with van der Waals surface area (Å²) in [5.74, 6) is 1.23. The molecule has 0 N–H and O–H groups in total. The van der Waals surface area contributed by atoms with E-state index in [1.165, 1.54) is 0 Å². The fourth-order valence-corrected chi connectivity index (χ4v) is 3.74. The average Bonchev–Trinajstić information content (AvgIpc) is 2.79. The first kappa shape index (κ1) is 21.4. The van der Waals surface area contributed by atoms with E-state index < -0.39 is 0 Å². The van der Waals surface area contributed by atoms with Crippen LogP contribution in [0.2, 0.25) is 0 Å². The van der Waals surface area contributed by atoms with E-state index in [9.17, 15) is 9.59 Å². The van der Waals surface area contributed by atoms with Crippen LogP contribution in [-0.4, -0.2) is 55.0 Å². The van der Waals surface area contributed by atoms with Gasteiger partial charge in [0.2, 0.25) is 5.91 Å². The number of hydrogen-bond donors (Lipinski definition) is 0. The molecule has 1 saturated heterocycles. The van der Waals surface area contributed by atoms with Crippen molar-refractivity contribution in [3.05, 3.63) is 72.3 Å². The fraction of sp³-hybridized carbons (Fsp3) is 0.333. The van der Waals surface area contributed by atoms with Crippen molar-refractivity contribution in [1.82, 2.24) is 9.80 Å². The second kappa shape index (κ2) is 9.96. The summed E-state index contributed by atoms with van der Waals surface area (Å²) < 4.78 is 10.6. The van der Waals surface area contributed by atoms with Gasteiger partial charge in [0.25, 0.3) is 5.91 Å². The van der Waals surface area contributed by atoms with Crippen LogP contribution in [0.5, 0.6) is 11.5 Å². The lowest BCUT2D eigenvalue weighted by Gasteiger charge is -2.41. The molecule has 0 unspecified atom stereocenters. The molecule has 1 aliphatic heterocycles. The van der Waals surface area contributed by atoms with E-state index in [1.54, 1.807) is 43.4 Å². The lowest BCUT2D eigenvalue weighted by atomic mass is 10.0. The molecule has 0 saturated carbocycles. The van der Waals surface area contributed by atoms with Gasteiger partial charge in [-0.3, -0.25) is 9.59 Å². The molecule has 0 aliphatic carbocycles. The van der Waals surface area contributed by atoms with Crippen molar-refractivity contribution >= 4 is 11.8 Å². The number of para-hydroxylation sites is 1. The van der Waals surface area contributed by atoms with Crippen LogP contribution in [0.4, 0.5) is 0 Å². The summed E-state index contributed by atoms with van der Waals surface area (Å²) in [6, 6.07) is 14.6. The molecule has 6 nitrogen and oxygen atoms in total. The minimum atomic E-state index is -0.147. The average molecular weight is 408 g/mol. The maximum atomic E-state index is 13.1. The maximum Gasteiger partial charge on any atom is 0.254 e. The molecule has 3 rings (SSSR count). The normalized spacial score (nSPS) is 16.3. The van der Waals surface area contributed by atoms with Crippen LogP contribution in [0.25, 0.3) is 0 Å². The topological polar surface area (TPSA) is 59.1 Å². The number of methoxy groups -OCH3 is 2. The summed E-state index contributed by atoms with van der Waals surface area (Å²) in [6.45, 7) is 4.80. The summed E-state index contributed by atoms with van der Waals surface area (Å²) in [5.41, 5.74) is 1.50. The second-order valence-corrected chi connectivity index (χ2v) is 7.27. The summed E-state index contributed by atoms with van der Waals surface area (Å²) in [6.07, 6.45) is 3.36. The number of ether oxygens (including phenoxy) is 2. The van der Waals surface area contributed by atoms with Crippen LogP contribution < -0.4 is 9.47 Å². The first-order valence-electron chi connectivity index (χ1n) is 10.0. The van der Waals surface area contributed by atoms with Gasteiger partial charge in [0.15, 0.2) is 0 Å². The van der Waals surface area contributed by atoms with Crippen LogP contribution in [-0.2, 0) is 11.3 Å². The zero-order valence-corrected chi connectivity index (χ0v) is 17.5. The highest BCUT2D eigenvalue weighted by atomic mass is 16.5. The van der Waals surface area contributed by atoms with Crippen LogP contribution in [0.3, 0.4) is 0 Å². The SMILES string of the molecule is C=CCC[C@H]1CN(C(=O)c2ccc(OC)cc2)CC(=O)N1Cc1ccccc1OC. The first-order valence-corrected chi connectivity index (χ1v) is 10.0. The molecule has 0 aromatic heterocycles. The molecule has 1 fully saturated rings. The van der Waals surface area contributed by atoms with Crippen molar-refractivity contribution in [3.8, 4) is 11.5 Å². The molecular formula is C24H28N2O4. The summed E-state index contributed by atoms with van der Waals surface area (Å²) in [7, 11) is 3.21. The molecule has 2 aromatic carbocycles. The van der Waals surface area contributed by atoms with E-state index in [2.05, 4.69) is 6.58 Å². The number of carbonyl (C=O) groups is 2. The highest BCUT2D eigenvalue weighted by Crippen LogP contribution is 2.25. The molecule has 2 aromatic rings. The third kappa shape index (κ3) is 4.82. The molecule has 1 aliphatic rings. The van der Waals surface area contributed by atoms with Crippen molar-refractivity contribution in [2.75, 3.05) is 27.3 Å². The van der Waals surface area contributed by atoms with Gasteiger partial charge in [0.1, 0.15) is 18.0 Å². The van der Waals surface area contributed by atoms with E-state index in [-0.39, 0.29) is 24.4 Å². The number of hydrogen-bond acceptors (Lipinski definition) is 4. The molecule has 158 valence electrons. The van der Waals surface area contributed by atoms with Gasteiger partial charge in [0.05, 0.1) is 20.3 Å². The predicted molar refractivity (Wildman–Crippen MR) is 116 cm³/mol. The van der Waals surface area contributed by atoms with Gasteiger partial charge in [-0.25, -0.2) is 0 Å². The Morgan fingerprint density at radius 3 is 2.53 bits per heavy atom. The van der Waals surface area contributed by atoms with Gasteiger partial charge < -0.3 is 19.3 Å². The number of nitrogens with zero attached hydrogens (tertiary/aromatic N) is 2. The lowest BCUT2D eigenvalue weighted by molar-refractivity contribution is -0.139. The standard InChI is InChI=1S/C24H28N2O4/c1-4-5-9-20-16-25(24(28)18-11-13-21(29-2)14-12-18)17-23(27)26(20)15-19-8-6-7-10-22(19)30-3/h4,6-8,10-14,20H,1,5,9,15-17H2,2-3H3/t20-/m0/s1. The molecule has 0 spiro atoms. The van der Waals surface area contributed by atoms with Crippen LogP contribution in [0.15, 0.2) is 61.2 Å². The number of allylic oxidation sites excluding steroid dienone is 1. The van der Waals surface area contributed by atoms with Gasteiger partial charge >= 0.3 is 0 Å². The van der Waals surface area contributed by atoms with Gasteiger partial charge in [-0.1, -0.05) is 24.3 Å². The smallest absolute Gasteiger partial charge is 0.254 e. The Morgan fingerprint density at radius 2 is 1.87 bits per heavy atom. The third-order valence-corrected chi connectivity index (χ3v) is 5.38. The van der Waals surface area contributed by atoms with Crippen molar-refractivity contribution < 1.29 is 19.1 Å². The Kier molecular flexibility index (Phi) is 7.12. The molecular weight excluding hydrogens is 380 g/mol. The zero-order valence-electron chi connectivity index (χ0n) is 17.5. The Bertz CT molecular complexity index is 894. The predicted octanol–water partition coefficient (Wildman–Crippen LogP) is 3.52. The number of rotatable bonds is 8. The van der Waals surface area contributed by atoms with Crippen LogP contribution in [0, 0.1) is 0 Å². The van der Waals surface area contributed by atoms with E-state index in [4.69, 9.17) is 9.47 Å². The molecule has 0 bridgehead atoms. The summed E-state index contributed by atoms with van der Waals surface area (Å²) >= 11 is 0. The van der Waals surface area contributed by atoms with Crippen LogP contribution in [0.1, 0.15) is 28.8 Å². The zero-order chi connectivity index (χ0) is 21.5. The maximum absolute atomic E-state index is 13.1. The van der Waals surface area contributed by atoms with Gasteiger partial charge in [-0.15, -0.1) is 6.58 Å². The monoisotopic (exact) mass is 408 g/mol. The van der Waals surface area contributed by atoms with Crippen molar-refractivity contribution in [1.29, 1.82) is 0 Å². The van der Waals surface area contributed by atoms with Gasteiger partial charge in [-0.05, 0) is 43.2 Å². The van der Waals surface area contributed by atoms with E-state index in [1.807, 2.05) is 35.2 Å². The highest BCUT2D eigenvalue weighted by molar-refractivity contribution is 5.97. The molecule has 2 amide bonds. The largest absolute Gasteiger partial charge is 0.497 e. The lowest BCUT2D eigenvalue weighted by Crippen LogP contribution is -2.57. The minimum absolute atomic E-state index is 0.0601. The van der Waals surface area contributed by atoms with Crippen molar-refractivity contribution in [3.63, 3.8) is 0 Å². The van der Waals surface area contributed by atoms with E-state index in [0.717, 1.165) is 24.2 Å². The number of piperazine rings is 1. The molecule has 0 radical (unpaired) electrons. The first-order chi connectivity index (χ1) is 14.6. The van der Waals surface area contributed by atoms with E-state index >= 15 is 0 Å². The van der Waals surface area contributed by atoms with Crippen molar-refractivity contribution in [2.24, 2.45) is 0 Å². The van der Waals surface area contributed by atoms with Gasteiger partial charge in [0, 0.05) is 24.2 Å². The number of amides is 2. The number of benzene rings is 2. The molecule has 30 heavy (non-hydrogen) atoms. The van der Waals surface area contributed by atoms with Crippen LogP contribution >= 0.6 is 0 Å². The Labute approximate surface area is 177 Å². The van der Waals surface area contributed by atoms with E-state index in [0.29, 0.717) is 24.4 Å². The quantitative estimate of drug-likeness (QED) is 0.627. The second-order valence-electron chi connectivity index (χ2n) is 7.27. The molecule has 6 heteroatoms. The molecule has 1 atom stereocenters. The Morgan fingerprint density at radius 1 is 1.13 bits per heavy atom. The Balaban J connectivity index is 1.79. The fourth-order valence-electron chi connectivity index (χ4n) is 3.74. The summed E-state index contributed by atoms with van der Waals surface area (Å²) in [5, 5.41) is 0. The molecule has 1 heterocycles. The number of carbonyl (C=O) groups excluding carboxylic acids is 2.